The second kappa shape index (κ2) is 3.18. The van der Waals surface area contributed by atoms with Crippen molar-refractivity contribution in [3.05, 3.63) is 34.1 Å². The first kappa shape index (κ1) is 8.47. The smallest absolute Gasteiger partial charge is 0.133 e. The normalized spacial score (nSPS) is 10.2. The highest BCUT2D eigenvalue weighted by molar-refractivity contribution is 6.31. The van der Waals surface area contributed by atoms with Gasteiger partial charge in [0, 0.05) is 16.1 Å². The Labute approximate surface area is 68.8 Å². The molecule has 0 saturated carbocycles. The first-order valence-corrected chi connectivity index (χ1v) is 3.54. The fourth-order valence-corrected chi connectivity index (χ4v) is 0.967. The van der Waals surface area contributed by atoms with Gasteiger partial charge in [-0.1, -0.05) is 17.7 Å². The highest BCUT2D eigenvalue weighted by atomic mass is 35.5. The Morgan fingerprint density at radius 2 is 2.09 bits per heavy atom. The molecule has 11 heavy (non-hydrogen) atoms. The molecule has 1 aromatic carbocycles. The standard InChI is InChI=1S/C8H7ClF2/c1-5-7(9)3-2-6(4-10)8(5)11/h2-3H,4H2,1H3. The van der Waals surface area contributed by atoms with Gasteiger partial charge in [-0.25, -0.2) is 8.78 Å². The molecule has 0 atom stereocenters. The number of rotatable bonds is 1. The molecule has 60 valence electrons. The van der Waals surface area contributed by atoms with Crippen molar-refractivity contribution < 1.29 is 8.78 Å². The number of alkyl halides is 1. The summed E-state index contributed by atoms with van der Waals surface area (Å²) in [5.74, 6) is -0.542. The molecule has 0 radical (unpaired) electrons. The zero-order valence-corrected chi connectivity index (χ0v) is 6.75. The second-order valence-electron chi connectivity index (χ2n) is 2.28. The fraction of sp³-hybridized carbons (Fsp3) is 0.250. The van der Waals surface area contributed by atoms with Crippen LogP contribution in [0.15, 0.2) is 12.1 Å². The maximum absolute atomic E-state index is 12.9. The minimum atomic E-state index is -0.788. The molecular weight excluding hydrogens is 170 g/mol. The van der Waals surface area contributed by atoms with E-state index in [1.54, 1.807) is 0 Å². The van der Waals surface area contributed by atoms with Crippen LogP contribution < -0.4 is 0 Å². The predicted octanol–water partition coefficient (Wildman–Crippen LogP) is 3.26. The van der Waals surface area contributed by atoms with Crippen LogP contribution in [-0.2, 0) is 6.67 Å². The van der Waals surface area contributed by atoms with Crippen molar-refractivity contribution in [1.82, 2.24) is 0 Å². The van der Waals surface area contributed by atoms with Crippen molar-refractivity contribution in [2.24, 2.45) is 0 Å². The summed E-state index contributed by atoms with van der Waals surface area (Å²) in [5, 5.41) is 0.333. The summed E-state index contributed by atoms with van der Waals surface area (Å²) >= 11 is 5.58. The number of hydrogen-bond donors (Lipinski definition) is 0. The Bertz CT molecular complexity index is 271. The van der Waals surface area contributed by atoms with E-state index >= 15 is 0 Å². The lowest BCUT2D eigenvalue weighted by molar-refractivity contribution is 0.462. The predicted molar refractivity (Wildman–Crippen MR) is 41.0 cm³/mol. The second-order valence-corrected chi connectivity index (χ2v) is 2.69. The molecule has 0 unspecified atom stereocenters. The van der Waals surface area contributed by atoms with Crippen LogP contribution >= 0.6 is 11.6 Å². The third-order valence-corrected chi connectivity index (χ3v) is 1.95. The maximum Gasteiger partial charge on any atom is 0.133 e. The molecule has 0 nitrogen and oxygen atoms in total. The molecule has 3 heteroatoms. The van der Waals surface area contributed by atoms with Crippen LogP contribution in [0.2, 0.25) is 5.02 Å². The lowest BCUT2D eigenvalue weighted by atomic mass is 10.1. The van der Waals surface area contributed by atoms with Crippen molar-refractivity contribution in [3.8, 4) is 0 Å². The Balaban J connectivity index is 3.25. The maximum atomic E-state index is 12.9. The lowest BCUT2D eigenvalue weighted by Crippen LogP contribution is -1.90. The summed E-state index contributed by atoms with van der Waals surface area (Å²) in [5.41, 5.74) is 0.369. The van der Waals surface area contributed by atoms with E-state index in [4.69, 9.17) is 11.6 Å². The summed E-state index contributed by atoms with van der Waals surface area (Å²) in [7, 11) is 0. The van der Waals surface area contributed by atoms with Gasteiger partial charge in [-0.05, 0) is 13.0 Å². The molecular formula is C8H7ClF2. The van der Waals surface area contributed by atoms with E-state index in [-0.39, 0.29) is 5.56 Å². The molecule has 0 N–H and O–H groups in total. The molecule has 0 aliphatic carbocycles. The van der Waals surface area contributed by atoms with Crippen LogP contribution in [0.25, 0.3) is 0 Å². The molecule has 1 aromatic rings. The monoisotopic (exact) mass is 176 g/mol. The fourth-order valence-electron chi connectivity index (χ4n) is 0.821. The van der Waals surface area contributed by atoms with E-state index in [0.717, 1.165) is 0 Å². The largest absolute Gasteiger partial charge is 0.246 e. The third-order valence-electron chi connectivity index (χ3n) is 1.54. The SMILES string of the molecule is Cc1c(Cl)ccc(CF)c1F. The van der Waals surface area contributed by atoms with Gasteiger partial charge in [-0.15, -0.1) is 0 Å². The van der Waals surface area contributed by atoms with Gasteiger partial charge in [-0.2, -0.15) is 0 Å². The molecule has 0 fully saturated rings. The van der Waals surface area contributed by atoms with Gasteiger partial charge in [0.15, 0.2) is 0 Å². The quantitative estimate of drug-likeness (QED) is 0.616. The van der Waals surface area contributed by atoms with Gasteiger partial charge in [0.1, 0.15) is 12.5 Å². The Hall–Kier alpha value is -0.630. The molecule has 0 heterocycles. The van der Waals surface area contributed by atoms with Crippen molar-refractivity contribution in [2.75, 3.05) is 0 Å². The summed E-state index contributed by atoms with van der Waals surface area (Å²) in [6, 6.07) is 2.85. The van der Waals surface area contributed by atoms with Gasteiger partial charge < -0.3 is 0 Å². The van der Waals surface area contributed by atoms with Gasteiger partial charge in [0.2, 0.25) is 0 Å². The van der Waals surface area contributed by atoms with Crippen LogP contribution in [0.5, 0.6) is 0 Å². The van der Waals surface area contributed by atoms with Crippen LogP contribution in [0.1, 0.15) is 11.1 Å². The Morgan fingerprint density at radius 3 is 2.64 bits per heavy atom. The Morgan fingerprint density at radius 1 is 1.45 bits per heavy atom. The van der Waals surface area contributed by atoms with Crippen LogP contribution in [-0.4, -0.2) is 0 Å². The highest BCUT2D eigenvalue weighted by Gasteiger charge is 2.07. The average molecular weight is 177 g/mol. The number of benzene rings is 1. The number of hydrogen-bond acceptors (Lipinski definition) is 0. The van der Waals surface area contributed by atoms with E-state index in [2.05, 4.69) is 0 Å². The van der Waals surface area contributed by atoms with E-state index in [1.807, 2.05) is 0 Å². The van der Waals surface area contributed by atoms with Gasteiger partial charge in [0.05, 0.1) is 0 Å². The average Bonchev–Trinajstić information content (AvgIpc) is 2.01. The van der Waals surface area contributed by atoms with Crippen LogP contribution in [0.3, 0.4) is 0 Å². The molecule has 1 rings (SSSR count). The Kier molecular flexibility index (Phi) is 2.45. The topological polar surface area (TPSA) is 0 Å². The molecule has 0 aliphatic heterocycles. The molecule has 0 bridgehead atoms. The van der Waals surface area contributed by atoms with E-state index in [9.17, 15) is 8.78 Å². The van der Waals surface area contributed by atoms with Crippen molar-refractivity contribution in [3.63, 3.8) is 0 Å². The lowest BCUT2D eigenvalue weighted by Gasteiger charge is -2.02. The zero-order valence-electron chi connectivity index (χ0n) is 6.00. The van der Waals surface area contributed by atoms with Crippen LogP contribution in [0, 0.1) is 12.7 Å². The summed E-state index contributed by atoms with van der Waals surface area (Å²) in [6.45, 7) is 0.737. The third kappa shape index (κ3) is 1.51. The van der Waals surface area contributed by atoms with Crippen LogP contribution in [0.4, 0.5) is 8.78 Å². The van der Waals surface area contributed by atoms with E-state index < -0.39 is 12.5 Å². The minimum Gasteiger partial charge on any atom is -0.246 e. The van der Waals surface area contributed by atoms with Crippen molar-refractivity contribution in [2.45, 2.75) is 13.6 Å². The molecule has 0 spiro atoms. The van der Waals surface area contributed by atoms with E-state index in [1.165, 1.54) is 19.1 Å². The molecule has 0 saturated heterocycles. The van der Waals surface area contributed by atoms with Crippen molar-refractivity contribution in [1.29, 1.82) is 0 Å². The zero-order chi connectivity index (χ0) is 8.43. The van der Waals surface area contributed by atoms with Gasteiger partial charge >= 0.3 is 0 Å². The highest BCUT2D eigenvalue weighted by Crippen LogP contribution is 2.21. The van der Waals surface area contributed by atoms with E-state index in [0.29, 0.717) is 10.6 Å². The summed E-state index contributed by atoms with van der Waals surface area (Å²) < 4.78 is 25.0. The first-order chi connectivity index (χ1) is 5.16. The van der Waals surface area contributed by atoms with Gasteiger partial charge in [-0.3, -0.25) is 0 Å². The van der Waals surface area contributed by atoms with Gasteiger partial charge in [0.25, 0.3) is 0 Å². The summed E-state index contributed by atoms with van der Waals surface area (Å²) in [4.78, 5) is 0. The molecule has 0 amide bonds. The minimum absolute atomic E-state index is 0.0619. The first-order valence-electron chi connectivity index (χ1n) is 3.16. The number of halogens is 3. The summed E-state index contributed by atoms with van der Waals surface area (Å²) in [6.07, 6.45) is 0. The van der Waals surface area contributed by atoms with Crippen molar-refractivity contribution >= 4 is 11.6 Å². The molecule has 0 aromatic heterocycles. The molecule has 0 aliphatic rings.